The van der Waals surface area contributed by atoms with E-state index in [-0.39, 0.29) is 32.2 Å². The molecule has 0 aliphatic rings. The van der Waals surface area contributed by atoms with Crippen molar-refractivity contribution in [1.29, 1.82) is 0 Å². The van der Waals surface area contributed by atoms with Crippen LogP contribution in [-0.4, -0.2) is 108 Å². The van der Waals surface area contributed by atoms with Crippen molar-refractivity contribution in [1.82, 2.24) is 45.9 Å². The molecule has 3 amide bonds. The van der Waals surface area contributed by atoms with Crippen LogP contribution in [0.3, 0.4) is 0 Å². The molecule has 45 heavy (non-hydrogen) atoms. The molecule has 3 rings (SSSR count). The maximum absolute atomic E-state index is 13.4. The van der Waals surface area contributed by atoms with Gasteiger partial charge in [-0.3, -0.25) is 0 Å². The van der Waals surface area contributed by atoms with E-state index in [2.05, 4.69) is 45.9 Å². The van der Waals surface area contributed by atoms with Crippen LogP contribution in [0.4, 0.5) is 0 Å². The van der Waals surface area contributed by atoms with Gasteiger partial charge in [-0.05, 0) is 0 Å². The first-order valence-corrected chi connectivity index (χ1v) is 16.6. The minimum atomic E-state index is -4.74. The van der Waals surface area contributed by atoms with E-state index in [1.807, 2.05) is 0 Å². The monoisotopic (exact) mass is 686 g/mol. The third-order valence-corrected chi connectivity index (χ3v) is 8.56. The number of H-pyrrole nitrogens is 3. The summed E-state index contributed by atoms with van der Waals surface area (Å²) in [5, 5.41) is 7.38. The van der Waals surface area contributed by atoms with Crippen molar-refractivity contribution in [3.05, 3.63) is 54.7 Å². The van der Waals surface area contributed by atoms with Crippen molar-refractivity contribution in [2.75, 3.05) is 6.54 Å². The van der Waals surface area contributed by atoms with E-state index >= 15 is 0 Å². The molecule has 3 heterocycles. The summed E-state index contributed by atoms with van der Waals surface area (Å²) in [4.78, 5) is 96.1. The molecular formula is C25H33GaN10O9. The van der Waals surface area contributed by atoms with Crippen LogP contribution in [0.1, 0.15) is 37.4 Å². The van der Waals surface area contributed by atoms with Crippen LogP contribution < -0.4 is 21.7 Å². The minimum absolute atomic E-state index is 0.00899. The molecule has 0 saturated carbocycles. The molecular weight excluding hydrogens is 654 g/mol. The van der Waals surface area contributed by atoms with Crippen LogP contribution in [0.2, 0.25) is 0 Å². The molecule has 3 unspecified atom stereocenters. The molecule has 19 nitrogen and oxygen atoms in total. The molecule has 0 aliphatic heterocycles. The molecule has 0 saturated heterocycles. The van der Waals surface area contributed by atoms with Gasteiger partial charge in [0.2, 0.25) is 0 Å². The quantitative estimate of drug-likeness (QED) is 0.0715. The second-order valence-corrected chi connectivity index (χ2v) is 12.3. The van der Waals surface area contributed by atoms with Gasteiger partial charge in [-0.25, -0.2) is 0 Å². The fraction of sp³-hybridized carbons (Fsp3) is 0.400. The van der Waals surface area contributed by atoms with E-state index in [0.717, 1.165) is 0 Å². The van der Waals surface area contributed by atoms with Crippen molar-refractivity contribution in [3.63, 3.8) is 0 Å². The molecule has 0 bridgehead atoms. The van der Waals surface area contributed by atoms with E-state index < -0.39 is 71.1 Å². The number of nitrogens with zero attached hydrogens (tertiary/aromatic N) is 3. The standard InChI is InChI=1S/C9H14N4O3.2C8H11N3O3.Ga/c10-2-1-8(14)13-7(9(15)16)3-6-4-11-5-12-6;2*1-5(12)11-7(8(13)14)2-6-3-9-4-10-6;/h4-5,7H,1-3,10H2,(H,11,12)(H,13,14)(H,15,16);2*3-4,7H,2H2,1H3,(H,9,10)(H,11,12)(H,13,14);/q;;;+3/p-3. The Hall–Kier alpha value is -4.95. The molecule has 3 atom stereocenters. The predicted octanol–water partition coefficient (Wildman–Crippen LogP) is -2.66. The van der Waals surface area contributed by atoms with Crippen LogP contribution in [0.25, 0.3) is 0 Å². The van der Waals surface area contributed by atoms with Gasteiger partial charge in [-0.1, -0.05) is 0 Å². The average molecular weight is 687 g/mol. The molecule has 8 N–H and O–H groups in total. The number of imidazole rings is 3. The summed E-state index contributed by atoms with van der Waals surface area (Å²) in [7, 11) is 0. The summed E-state index contributed by atoms with van der Waals surface area (Å²) in [6, 6.07) is -3.88. The summed E-state index contributed by atoms with van der Waals surface area (Å²) >= 11 is -4.74. The van der Waals surface area contributed by atoms with E-state index in [9.17, 15) is 28.8 Å². The zero-order valence-electron chi connectivity index (χ0n) is 24.4. The Balaban J connectivity index is 1.86. The normalized spacial score (nSPS) is 12.6. The Kier molecular flexibility index (Phi) is 13.3. The summed E-state index contributed by atoms with van der Waals surface area (Å²) in [5.41, 5.74) is 6.85. The fourth-order valence-corrected chi connectivity index (χ4v) is 6.45. The van der Waals surface area contributed by atoms with Crippen molar-refractivity contribution in [3.8, 4) is 0 Å². The van der Waals surface area contributed by atoms with E-state index in [4.69, 9.17) is 16.3 Å². The number of amides is 3. The maximum atomic E-state index is 13.4. The van der Waals surface area contributed by atoms with Crippen LogP contribution in [0.5, 0.6) is 0 Å². The molecule has 3 aromatic rings. The predicted molar refractivity (Wildman–Crippen MR) is 152 cm³/mol. The molecule has 20 heteroatoms. The first kappa shape index (κ1) is 34.5. The third kappa shape index (κ3) is 11.9. The SMILES string of the molecule is CC(=O)NC(Cc1cnc[nH]1)C(=O)[O][Ga]([O]C(=O)C(Cc1cnc[nH]1)NC(C)=O)[O]C(=O)C(Cc1cnc[nH]1)NC(=O)CCN. The first-order chi connectivity index (χ1) is 21.5. The van der Waals surface area contributed by atoms with Gasteiger partial charge in [0.1, 0.15) is 0 Å². The van der Waals surface area contributed by atoms with Gasteiger partial charge in [0.25, 0.3) is 0 Å². The first-order valence-electron chi connectivity index (χ1n) is 13.6. The molecule has 3 aromatic heterocycles. The summed E-state index contributed by atoms with van der Waals surface area (Å²) in [6.45, 7) is 2.38. The number of carbonyl (C=O) groups excluding carboxylic acids is 6. The molecule has 0 spiro atoms. The zero-order chi connectivity index (χ0) is 32.8. The molecule has 0 fully saturated rings. The Morgan fingerprint density at radius 3 is 1.33 bits per heavy atom. The topological polar surface area (TPSA) is 278 Å². The van der Waals surface area contributed by atoms with Crippen molar-refractivity contribution < 1.29 is 39.4 Å². The second kappa shape index (κ2) is 17.4. The van der Waals surface area contributed by atoms with Crippen molar-refractivity contribution in [2.45, 2.75) is 57.7 Å². The Bertz CT molecular complexity index is 1350. The second-order valence-electron chi connectivity index (χ2n) is 9.61. The Labute approximate surface area is 262 Å². The number of hydrogen-bond donors (Lipinski definition) is 7. The van der Waals surface area contributed by atoms with Gasteiger partial charge in [-0.2, -0.15) is 0 Å². The van der Waals surface area contributed by atoms with Gasteiger partial charge in [0.15, 0.2) is 0 Å². The Morgan fingerprint density at radius 2 is 1.04 bits per heavy atom. The van der Waals surface area contributed by atoms with E-state index in [0.29, 0.717) is 17.1 Å². The van der Waals surface area contributed by atoms with Crippen LogP contribution in [-0.2, 0) is 58.6 Å². The van der Waals surface area contributed by atoms with Gasteiger partial charge < -0.3 is 0 Å². The number of aromatic nitrogens is 6. The molecule has 0 aliphatic carbocycles. The van der Waals surface area contributed by atoms with E-state index in [1.165, 1.54) is 51.4 Å². The summed E-state index contributed by atoms with van der Waals surface area (Å²) in [6.07, 6.45) is 8.03. The fourth-order valence-electron chi connectivity index (χ4n) is 3.92. The van der Waals surface area contributed by atoms with Crippen LogP contribution in [0.15, 0.2) is 37.6 Å². The molecule has 0 radical (unpaired) electrons. The van der Waals surface area contributed by atoms with Gasteiger partial charge in [-0.15, -0.1) is 0 Å². The van der Waals surface area contributed by atoms with Gasteiger partial charge >= 0.3 is 263 Å². The van der Waals surface area contributed by atoms with Crippen LogP contribution >= 0.6 is 0 Å². The number of nitrogens with one attached hydrogen (secondary N) is 6. The average Bonchev–Trinajstić information content (AvgIpc) is 3.76. The summed E-state index contributed by atoms with van der Waals surface area (Å²) in [5.74, 6) is -4.90. The zero-order valence-corrected chi connectivity index (χ0v) is 26.8. The van der Waals surface area contributed by atoms with Crippen molar-refractivity contribution >= 4 is 52.9 Å². The number of rotatable bonds is 17. The third-order valence-electron chi connectivity index (χ3n) is 5.89. The van der Waals surface area contributed by atoms with E-state index in [1.54, 1.807) is 0 Å². The number of hydrogen-bond acceptors (Lipinski definition) is 13. The summed E-state index contributed by atoms with van der Waals surface area (Å²) < 4.78 is 16.4. The Morgan fingerprint density at radius 1 is 0.689 bits per heavy atom. The van der Waals surface area contributed by atoms with Crippen molar-refractivity contribution in [2.24, 2.45) is 5.73 Å². The van der Waals surface area contributed by atoms with Crippen LogP contribution in [0, 0.1) is 0 Å². The van der Waals surface area contributed by atoms with Gasteiger partial charge in [0.05, 0.1) is 0 Å². The number of nitrogens with two attached hydrogens (primary N) is 1. The van der Waals surface area contributed by atoms with Gasteiger partial charge in [0, 0.05) is 0 Å². The molecule has 0 aromatic carbocycles. The molecule has 240 valence electrons. The number of carbonyl (C=O) groups is 6. The number of aromatic amines is 3.